The first kappa shape index (κ1) is 19.6. The maximum Gasteiger partial charge on any atom is 0.335 e. The number of halogens is 2. The van der Waals surface area contributed by atoms with Gasteiger partial charge in [0.1, 0.15) is 11.3 Å². The van der Waals surface area contributed by atoms with Gasteiger partial charge < -0.3 is 4.74 Å². The molecule has 0 bridgehead atoms. The minimum absolute atomic E-state index is 0.123. The summed E-state index contributed by atoms with van der Waals surface area (Å²) in [7, 11) is 0. The first-order valence-corrected chi connectivity index (χ1v) is 9.86. The number of rotatable bonds is 4. The number of imide groups is 2. The van der Waals surface area contributed by atoms with Crippen LogP contribution < -0.4 is 15.0 Å². The third-order valence-corrected chi connectivity index (χ3v) is 4.85. The summed E-state index contributed by atoms with van der Waals surface area (Å²) < 4.78 is 7.21. The first-order chi connectivity index (χ1) is 12.9. The van der Waals surface area contributed by atoms with Crippen molar-refractivity contribution >= 4 is 68.1 Å². The van der Waals surface area contributed by atoms with Crippen molar-refractivity contribution in [2.24, 2.45) is 0 Å². The van der Waals surface area contributed by atoms with Crippen LogP contribution in [-0.4, -0.2) is 24.5 Å². The average molecular weight is 541 g/mol. The van der Waals surface area contributed by atoms with Gasteiger partial charge in [0.2, 0.25) is 0 Å². The molecule has 2 aromatic rings. The maximum atomic E-state index is 12.9. The van der Waals surface area contributed by atoms with Gasteiger partial charge in [-0.3, -0.25) is 14.9 Å². The van der Waals surface area contributed by atoms with Gasteiger partial charge in [0.25, 0.3) is 11.8 Å². The van der Waals surface area contributed by atoms with Gasteiger partial charge in [0, 0.05) is 8.04 Å². The number of ether oxygens (including phenoxy) is 1. The summed E-state index contributed by atoms with van der Waals surface area (Å²) in [6.45, 7) is 2.37. The van der Waals surface area contributed by atoms with Gasteiger partial charge >= 0.3 is 6.03 Å². The van der Waals surface area contributed by atoms with Crippen molar-refractivity contribution in [2.45, 2.75) is 6.92 Å². The standard InChI is InChI=1S/C19H14BrIN2O4/c1-2-27-15-8-11(7-13(21)10-15)9-16-17(24)22-19(26)23(18(16)25)14-5-3-12(20)4-6-14/h3-10H,2H2,1H3,(H,22,24,26)/b16-9+. The summed E-state index contributed by atoms with van der Waals surface area (Å²) >= 11 is 5.44. The van der Waals surface area contributed by atoms with E-state index in [-0.39, 0.29) is 5.57 Å². The molecular weight excluding hydrogens is 527 g/mol. The Hall–Kier alpha value is -2.20. The van der Waals surface area contributed by atoms with E-state index in [9.17, 15) is 14.4 Å². The second-order valence-electron chi connectivity index (χ2n) is 5.59. The second kappa shape index (κ2) is 8.22. The maximum absolute atomic E-state index is 12.9. The van der Waals surface area contributed by atoms with Crippen LogP contribution in [0.4, 0.5) is 10.5 Å². The Bertz CT molecular complexity index is 957. The van der Waals surface area contributed by atoms with E-state index in [1.807, 2.05) is 19.1 Å². The third kappa shape index (κ3) is 4.38. The summed E-state index contributed by atoms with van der Waals surface area (Å²) in [4.78, 5) is 38.3. The van der Waals surface area contributed by atoms with Crippen molar-refractivity contribution in [1.82, 2.24) is 5.32 Å². The average Bonchev–Trinajstić information content (AvgIpc) is 2.60. The van der Waals surface area contributed by atoms with Crippen LogP contribution in [-0.2, 0) is 9.59 Å². The molecule has 0 aliphatic carbocycles. The topological polar surface area (TPSA) is 75.7 Å². The Balaban J connectivity index is 2.00. The minimum Gasteiger partial charge on any atom is -0.494 e. The Morgan fingerprint density at radius 1 is 1.15 bits per heavy atom. The summed E-state index contributed by atoms with van der Waals surface area (Å²) in [6, 6.07) is 11.3. The molecule has 1 aliphatic rings. The first-order valence-electron chi connectivity index (χ1n) is 7.99. The van der Waals surface area contributed by atoms with E-state index in [0.717, 1.165) is 12.9 Å². The summed E-state index contributed by atoms with van der Waals surface area (Å²) in [5, 5.41) is 2.21. The summed E-state index contributed by atoms with van der Waals surface area (Å²) in [5.41, 5.74) is 0.882. The van der Waals surface area contributed by atoms with Crippen molar-refractivity contribution in [3.05, 3.63) is 61.6 Å². The van der Waals surface area contributed by atoms with Gasteiger partial charge in [0.15, 0.2) is 0 Å². The molecule has 0 saturated carbocycles. The quantitative estimate of drug-likeness (QED) is 0.359. The van der Waals surface area contributed by atoms with Crippen molar-refractivity contribution in [3.63, 3.8) is 0 Å². The molecule has 8 heteroatoms. The molecule has 0 unspecified atom stereocenters. The van der Waals surface area contributed by atoms with Crippen LogP contribution in [0, 0.1) is 3.57 Å². The van der Waals surface area contributed by atoms with Gasteiger partial charge in [-0.2, -0.15) is 0 Å². The van der Waals surface area contributed by atoms with Crippen LogP contribution in [0.5, 0.6) is 5.75 Å². The Morgan fingerprint density at radius 3 is 2.52 bits per heavy atom. The highest BCUT2D eigenvalue weighted by Crippen LogP contribution is 2.25. The SMILES string of the molecule is CCOc1cc(I)cc(/C=C2\C(=O)NC(=O)N(c3ccc(Br)cc3)C2=O)c1. The number of carbonyl (C=O) groups excluding carboxylic acids is 3. The predicted molar refractivity (Wildman–Crippen MR) is 113 cm³/mol. The van der Waals surface area contributed by atoms with Crippen LogP contribution in [0.15, 0.2) is 52.5 Å². The molecule has 138 valence electrons. The molecular formula is C19H14BrIN2O4. The molecule has 0 radical (unpaired) electrons. The van der Waals surface area contributed by atoms with Crippen LogP contribution in [0.2, 0.25) is 0 Å². The lowest BCUT2D eigenvalue weighted by molar-refractivity contribution is -0.122. The number of nitrogens with zero attached hydrogens (tertiary/aromatic N) is 1. The van der Waals surface area contributed by atoms with Crippen LogP contribution in [0.1, 0.15) is 12.5 Å². The number of benzene rings is 2. The number of nitrogens with one attached hydrogen (secondary N) is 1. The summed E-state index contributed by atoms with van der Waals surface area (Å²) in [5.74, 6) is -0.765. The molecule has 6 nitrogen and oxygen atoms in total. The number of hydrogen-bond acceptors (Lipinski definition) is 4. The monoisotopic (exact) mass is 540 g/mol. The van der Waals surface area contributed by atoms with Crippen molar-refractivity contribution in [3.8, 4) is 5.75 Å². The van der Waals surface area contributed by atoms with Crippen molar-refractivity contribution < 1.29 is 19.1 Å². The van der Waals surface area contributed by atoms with E-state index >= 15 is 0 Å². The predicted octanol–water partition coefficient (Wildman–Crippen LogP) is 4.12. The largest absolute Gasteiger partial charge is 0.494 e. The molecule has 3 rings (SSSR count). The molecule has 0 aromatic heterocycles. The molecule has 1 N–H and O–H groups in total. The Kier molecular flexibility index (Phi) is 5.95. The number of urea groups is 1. The Morgan fingerprint density at radius 2 is 1.85 bits per heavy atom. The molecule has 1 heterocycles. The number of carbonyl (C=O) groups is 3. The molecule has 1 aliphatic heterocycles. The fourth-order valence-electron chi connectivity index (χ4n) is 2.57. The molecule has 27 heavy (non-hydrogen) atoms. The van der Waals surface area contributed by atoms with Crippen LogP contribution >= 0.6 is 38.5 Å². The lowest BCUT2D eigenvalue weighted by Gasteiger charge is -2.26. The highest BCUT2D eigenvalue weighted by Gasteiger charge is 2.36. The number of barbiturate groups is 1. The lowest BCUT2D eigenvalue weighted by atomic mass is 10.1. The zero-order valence-electron chi connectivity index (χ0n) is 14.2. The number of amides is 4. The van der Waals surface area contributed by atoms with E-state index in [4.69, 9.17) is 4.74 Å². The fourth-order valence-corrected chi connectivity index (χ4v) is 3.50. The van der Waals surface area contributed by atoms with E-state index in [0.29, 0.717) is 23.6 Å². The lowest BCUT2D eigenvalue weighted by Crippen LogP contribution is -2.54. The third-order valence-electron chi connectivity index (χ3n) is 3.70. The zero-order valence-corrected chi connectivity index (χ0v) is 17.9. The van der Waals surface area contributed by atoms with Gasteiger partial charge in [-0.05, 0) is 83.6 Å². The summed E-state index contributed by atoms with van der Waals surface area (Å²) in [6.07, 6.45) is 1.46. The molecule has 2 aromatic carbocycles. The number of hydrogen-bond donors (Lipinski definition) is 1. The van der Waals surface area contributed by atoms with E-state index in [2.05, 4.69) is 43.8 Å². The van der Waals surface area contributed by atoms with Gasteiger partial charge in [-0.1, -0.05) is 15.9 Å². The highest BCUT2D eigenvalue weighted by atomic mass is 127. The fraction of sp³-hybridized carbons (Fsp3) is 0.105. The zero-order chi connectivity index (χ0) is 19.6. The molecule has 1 saturated heterocycles. The molecule has 4 amide bonds. The van der Waals surface area contributed by atoms with Gasteiger partial charge in [-0.25, -0.2) is 9.69 Å². The van der Waals surface area contributed by atoms with Crippen molar-refractivity contribution in [2.75, 3.05) is 11.5 Å². The Labute approximate surface area is 177 Å². The number of anilines is 1. The van der Waals surface area contributed by atoms with Gasteiger partial charge in [0.05, 0.1) is 12.3 Å². The van der Waals surface area contributed by atoms with Gasteiger partial charge in [-0.15, -0.1) is 0 Å². The second-order valence-corrected chi connectivity index (χ2v) is 7.75. The molecule has 0 atom stereocenters. The van der Waals surface area contributed by atoms with E-state index < -0.39 is 17.8 Å². The van der Waals surface area contributed by atoms with Crippen LogP contribution in [0.25, 0.3) is 6.08 Å². The van der Waals surface area contributed by atoms with Crippen LogP contribution in [0.3, 0.4) is 0 Å². The van der Waals surface area contributed by atoms with E-state index in [1.54, 1.807) is 30.3 Å². The molecule has 0 spiro atoms. The van der Waals surface area contributed by atoms with Crippen molar-refractivity contribution in [1.29, 1.82) is 0 Å². The smallest absolute Gasteiger partial charge is 0.335 e. The highest BCUT2D eigenvalue weighted by molar-refractivity contribution is 14.1. The van der Waals surface area contributed by atoms with E-state index in [1.165, 1.54) is 6.08 Å². The minimum atomic E-state index is -0.776. The molecule has 1 fully saturated rings. The normalized spacial score (nSPS) is 15.9.